The number of aromatic hydroxyl groups is 2. The highest BCUT2D eigenvalue weighted by molar-refractivity contribution is 6.30. The maximum Gasteiger partial charge on any atom is 0.316 e. The van der Waals surface area contributed by atoms with Crippen LogP contribution in [0.15, 0.2) is 24.3 Å². The minimum absolute atomic E-state index is 0.0333. The van der Waals surface area contributed by atoms with E-state index in [0.717, 1.165) is 7.11 Å². The van der Waals surface area contributed by atoms with E-state index in [1.807, 2.05) is 0 Å². The molecule has 30 heavy (non-hydrogen) atoms. The highest BCUT2D eigenvalue weighted by Crippen LogP contribution is 2.52. The summed E-state index contributed by atoms with van der Waals surface area (Å²) in [4.78, 5) is 38.7. The van der Waals surface area contributed by atoms with Crippen LogP contribution < -0.4 is 0 Å². The molecule has 0 aliphatic heterocycles. The molecular weight excluding hydrogens is 392 g/mol. The van der Waals surface area contributed by atoms with Gasteiger partial charge in [-0.2, -0.15) is 0 Å². The van der Waals surface area contributed by atoms with Gasteiger partial charge >= 0.3 is 5.97 Å². The molecule has 8 nitrogen and oxygen atoms in total. The monoisotopic (exact) mass is 412 g/mol. The second-order valence-electron chi connectivity index (χ2n) is 7.64. The van der Waals surface area contributed by atoms with E-state index in [1.54, 1.807) is 6.92 Å². The van der Waals surface area contributed by atoms with Crippen LogP contribution >= 0.6 is 0 Å². The maximum absolute atomic E-state index is 13.1. The number of esters is 1. The van der Waals surface area contributed by atoms with Gasteiger partial charge in [-0.25, -0.2) is 0 Å². The number of hydrogen-bond donors (Lipinski definition) is 4. The van der Waals surface area contributed by atoms with Gasteiger partial charge in [0.2, 0.25) is 5.78 Å². The van der Waals surface area contributed by atoms with Crippen molar-refractivity contribution in [2.75, 3.05) is 7.11 Å². The van der Waals surface area contributed by atoms with Crippen molar-refractivity contribution in [3.05, 3.63) is 57.6 Å². The lowest BCUT2D eigenvalue weighted by atomic mass is 9.67. The lowest BCUT2D eigenvalue weighted by Crippen LogP contribution is -2.46. The van der Waals surface area contributed by atoms with E-state index in [4.69, 9.17) is 4.74 Å². The summed E-state index contributed by atoms with van der Waals surface area (Å²) in [5, 5.41) is 42.7. The first kappa shape index (κ1) is 20.1. The molecule has 0 fully saturated rings. The van der Waals surface area contributed by atoms with E-state index in [9.17, 15) is 34.8 Å². The number of ether oxygens (including phenoxy) is 1. The number of hydrogen-bond acceptors (Lipinski definition) is 8. The number of rotatable bonds is 2. The minimum Gasteiger partial charge on any atom is -0.507 e. The van der Waals surface area contributed by atoms with E-state index >= 15 is 0 Å². The van der Waals surface area contributed by atoms with Crippen LogP contribution in [0, 0.1) is 0 Å². The number of fused-ring (bicyclic) bond motifs is 3. The summed E-state index contributed by atoms with van der Waals surface area (Å²) < 4.78 is 4.84. The molecule has 3 atom stereocenters. The Kier molecular flexibility index (Phi) is 4.44. The van der Waals surface area contributed by atoms with Crippen molar-refractivity contribution in [2.45, 2.75) is 37.4 Å². The molecule has 0 bridgehead atoms. The van der Waals surface area contributed by atoms with Crippen molar-refractivity contribution >= 4 is 17.5 Å². The van der Waals surface area contributed by atoms with E-state index in [-0.39, 0.29) is 46.2 Å². The number of methoxy groups -OCH3 is 1. The predicted octanol–water partition coefficient (Wildman–Crippen LogP) is 1.71. The zero-order valence-electron chi connectivity index (χ0n) is 16.3. The molecule has 0 amide bonds. The maximum atomic E-state index is 13.1. The molecule has 2 aromatic rings. The van der Waals surface area contributed by atoms with Gasteiger partial charge in [0.25, 0.3) is 0 Å². The Hall–Kier alpha value is -3.23. The summed E-state index contributed by atoms with van der Waals surface area (Å²) in [6.07, 6.45) is -1.55. The summed E-state index contributed by atoms with van der Waals surface area (Å²) in [5.74, 6) is -4.50. The molecule has 2 aromatic carbocycles. The Balaban J connectivity index is 2.05. The van der Waals surface area contributed by atoms with Crippen LogP contribution in [0.3, 0.4) is 0 Å². The number of carbonyl (C=O) groups is 3. The Morgan fingerprint density at radius 3 is 2.50 bits per heavy atom. The van der Waals surface area contributed by atoms with E-state index in [2.05, 4.69) is 0 Å². The SMILES string of the molecule is CC[C@]1(O)C[C@@H](O)c2c(cc3c(c2O)C(=O)c2c(O)cccc2C3=O)[C@H]1C(=O)OC. The lowest BCUT2D eigenvalue weighted by Gasteiger charge is -2.42. The summed E-state index contributed by atoms with van der Waals surface area (Å²) in [6, 6.07) is 5.30. The lowest BCUT2D eigenvalue weighted by molar-refractivity contribution is -0.153. The van der Waals surface area contributed by atoms with Crippen LogP contribution in [0.5, 0.6) is 11.5 Å². The average Bonchev–Trinajstić information content (AvgIpc) is 2.70. The number of phenols is 2. The fraction of sp³-hybridized carbons (Fsp3) is 0.318. The molecule has 0 spiro atoms. The second-order valence-corrected chi connectivity index (χ2v) is 7.64. The Morgan fingerprint density at radius 2 is 1.87 bits per heavy atom. The third-order valence-corrected chi connectivity index (χ3v) is 6.14. The number of ketones is 2. The van der Waals surface area contributed by atoms with Gasteiger partial charge in [0.05, 0.1) is 29.9 Å². The zero-order chi connectivity index (χ0) is 22.0. The van der Waals surface area contributed by atoms with Crippen molar-refractivity contribution in [3.8, 4) is 11.5 Å². The van der Waals surface area contributed by atoms with Gasteiger partial charge in [0.1, 0.15) is 17.4 Å². The molecule has 0 saturated carbocycles. The Labute approximate surface area is 171 Å². The molecule has 0 unspecified atom stereocenters. The van der Waals surface area contributed by atoms with Crippen molar-refractivity contribution in [3.63, 3.8) is 0 Å². The average molecular weight is 412 g/mol. The van der Waals surface area contributed by atoms with Crippen LogP contribution in [-0.2, 0) is 9.53 Å². The quantitative estimate of drug-likeness (QED) is 0.466. The van der Waals surface area contributed by atoms with Gasteiger partial charge in [-0.05, 0) is 24.1 Å². The van der Waals surface area contributed by atoms with Gasteiger partial charge < -0.3 is 25.2 Å². The third kappa shape index (κ3) is 2.50. The van der Waals surface area contributed by atoms with E-state index in [0.29, 0.717) is 0 Å². The van der Waals surface area contributed by atoms with Crippen molar-refractivity contribution in [1.82, 2.24) is 0 Å². The molecule has 2 aliphatic rings. The summed E-state index contributed by atoms with van der Waals surface area (Å²) in [5.41, 5.74) is -2.53. The third-order valence-electron chi connectivity index (χ3n) is 6.14. The number of aliphatic hydroxyl groups excluding tert-OH is 1. The second kappa shape index (κ2) is 6.65. The van der Waals surface area contributed by atoms with Crippen LogP contribution in [0.1, 0.15) is 74.8 Å². The molecular formula is C22H20O8. The van der Waals surface area contributed by atoms with Gasteiger partial charge in [0, 0.05) is 23.1 Å². The van der Waals surface area contributed by atoms with E-state index in [1.165, 1.54) is 24.3 Å². The van der Waals surface area contributed by atoms with Crippen LogP contribution in [0.4, 0.5) is 0 Å². The normalized spacial score (nSPS) is 24.7. The standard InChI is InChI=1S/C22H20O8/c1-3-22(29)8-13(24)15-10(17(22)21(28)30-2)7-11-16(20(15)27)19(26)14-9(18(11)25)5-4-6-12(14)23/h4-7,13,17,23-24,27,29H,3,8H2,1-2H3/t13-,17+,22+/m1/s1. The highest BCUT2D eigenvalue weighted by Gasteiger charge is 2.51. The topological polar surface area (TPSA) is 141 Å². The first-order valence-electron chi connectivity index (χ1n) is 9.45. The van der Waals surface area contributed by atoms with Crippen LogP contribution in [-0.4, -0.2) is 50.7 Å². The molecule has 4 rings (SSSR count). The molecule has 156 valence electrons. The minimum atomic E-state index is -1.67. The summed E-state index contributed by atoms with van der Waals surface area (Å²) >= 11 is 0. The number of benzene rings is 2. The van der Waals surface area contributed by atoms with Gasteiger partial charge in [0.15, 0.2) is 5.78 Å². The van der Waals surface area contributed by atoms with Crippen molar-refractivity contribution in [1.29, 1.82) is 0 Å². The molecule has 0 heterocycles. The fourth-order valence-electron chi connectivity index (χ4n) is 4.60. The summed E-state index contributed by atoms with van der Waals surface area (Å²) in [6.45, 7) is 1.64. The first-order chi connectivity index (χ1) is 14.2. The van der Waals surface area contributed by atoms with Gasteiger partial charge in [-0.1, -0.05) is 19.1 Å². The fourth-order valence-corrected chi connectivity index (χ4v) is 4.60. The zero-order valence-corrected chi connectivity index (χ0v) is 16.3. The van der Waals surface area contributed by atoms with Gasteiger partial charge in [-0.3, -0.25) is 14.4 Å². The predicted molar refractivity (Wildman–Crippen MR) is 103 cm³/mol. The largest absolute Gasteiger partial charge is 0.507 e. The molecule has 0 radical (unpaired) electrons. The number of carbonyl (C=O) groups excluding carboxylic acids is 3. The molecule has 2 aliphatic carbocycles. The molecule has 8 heteroatoms. The van der Waals surface area contributed by atoms with Crippen LogP contribution in [0.2, 0.25) is 0 Å². The Morgan fingerprint density at radius 1 is 1.17 bits per heavy atom. The van der Waals surface area contributed by atoms with Crippen molar-refractivity contribution < 1.29 is 39.5 Å². The van der Waals surface area contributed by atoms with Gasteiger partial charge in [-0.15, -0.1) is 0 Å². The number of phenolic OH excluding ortho intramolecular Hbond substituents is 2. The van der Waals surface area contributed by atoms with E-state index < -0.39 is 46.7 Å². The summed E-state index contributed by atoms with van der Waals surface area (Å²) in [7, 11) is 1.15. The van der Waals surface area contributed by atoms with Crippen LogP contribution in [0.25, 0.3) is 0 Å². The Bertz CT molecular complexity index is 1120. The first-order valence-corrected chi connectivity index (χ1v) is 9.45. The number of aliphatic hydroxyl groups is 2. The van der Waals surface area contributed by atoms with Crippen molar-refractivity contribution in [2.24, 2.45) is 0 Å². The molecule has 0 aromatic heterocycles. The smallest absolute Gasteiger partial charge is 0.316 e. The molecule has 4 N–H and O–H groups in total. The molecule has 0 saturated heterocycles. The highest BCUT2D eigenvalue weighted by atomic mass is 16.5.